The van der Waals surface area contributed by atoms with Crippen molar-refractivity contribution >= 4 is 28.6 Å². The van der Waals surface area contributed by atoms with Gasteiger partial charge in [-0.05, 0) is 42.7 Å². The Kier molecular flexibility index (Phi) is 5.29. The minimum absolute atomic E-state index is 0.269. The molecule has 1 unspecified atom stereocenters. The van der Waals surface area contributed by atoms with E-state index in [1.165, 1.54) is 48.3 Å². The number of thioether (sulfide) groups is 1. The van der Waals surface area contributed by atoms with Crippen LogP contribution in [0.4, 0.5) is 5.69 Å². The zero-order valence-corrected chi connectivity index (χ0v) is 18.7. The van der Waals surface area contributed by atoms with Crippen LogP contribution in [0.2, 0.25) is 0 Å². The van der Waals surface area contributed by atoms with Gasteiger partial charge in [0.2, 0.25) is 0 Å². The first-order chi connectivity index (χ1) is 15.8. The molecular formula is C25H26N6S. The number of fused-ring (bicyclic) bond motifs is 2. The monoisotopic (exact) mass is 442 g/mol. The third-order valence-electron chi connectivity index (χ3n) is 6.37. The summed E-state index contributed by atoms with van der Waals surface area (Å²) >= 11 is 1.89. The molecule has 162 valence electrons. The van der Waals surface area contributed by atoms with E-state index in [0.717, 1.165) is 28.8 Å². The van der Waals surface area contributed by atoms with Crippen LogP contribution in [0, 0.1) is 0 Å². The van der Waals surface area contributed by atoms with Gasteiger partial charge >= 0.3 is 0 Å². The highest BCUT2D eigenvalue weighted by Crippen LogP contribution is 2.38. The SMILES string of the molecule is c1cncc(-c2cnc3c(c2)ncn3Cc2ccc3c(c2)SC(NC2CCCCC2)N3)c1. The van der Waals surface area contributed by atoms with Gasteiger partial charge in [-0.3, -0.25) is 10.3 Å². The number of anilines is 1. The normalized spacial score (nSPS) is 18.6. The van der Waals surface area contributed by atoms with Crippen LogP contribution in [0.15, 0.2) is 66.2 Å². The molecular weight excluding hydrogens is 416 g/mol. The second-order valence-corrected chi connectivity index (χ2v) is 9.80. The zero-order valence-electron chi connectivity index (χ0n) is 17.9. The number of pyridine rings is 2. The second kappa shape index (κ2) is 8.56. The fourth-order valence-electron chi connectivity index (χ4n) is 4.69. The van der Waals surface area contributed by atoms with Crippen LogP contribution < -0.4 is 10.6 Å². The highest BCUT2D eigenvalue weighted by atomic mass is 32.2. The average molecular weight is 443 g/mol. The van der Waals surface area contributed by atoms with Gasteiger partial charge in [0.15, 0.2) is 5.65 Å². The van der Waals surface area contributed by atoms with Crippen molar-refractivity contribution in [3.63, 3.8) is 0 Å². The minimum atomic E-state index is 0.269. The number of imidazole rings is 1. The molecule has 1 saturated carbocycles. The maximum atomic E-state index is 4.71. The van der Waals surface area contributed by atoms with Gasteiger partial charge in [-0.2, -0.15) is 0 Å². The summed E-state index contributed by atoms with van der Waals surface area (Å²) < 4.78 is 2.12. The molecule has 0 amide bonds. The van der Waals surface area contributed by atoms with E-state index in [4.69, 9.17) is 4.98 Å². The summed E-state index contributed by atoms with van der Waals surface area (Å²) in [5, 5.41) is 7.43. The molecule has 0 spiro atoms. The van der Waals surface area contributed by atoms with Crippen LogP contribution in [-0.4, -0.2) is 31.1 Å². The van der Waals surface area contributed by atoms with Crippen molar-refractivity contribution in [1.29, 1.82) is 0 Å². The Morgan fingerprint density at radius 3 is 2.84 bits per heavy atom. The summed E-state index contributed by atoms with van der Waals surface area (Å²) in [6, 6.07) is 13.4. The molecule has 2 N–H and O–H groups in total. The fraction of sp³-hybridized carbons (Fsp3) is 0.320. The summed E-state index contributed by atoms with van der Waals surface area (Å²) in [6.07, 6.45) is 14.1. The van der Waals surface area contributed by atoms with E-state index < -0.39 is 0 Å². The van der Waals surface area contributed by atoms with Gasteiger partial charge in [-0.15, -0.1) is 0 Å². The van der Waals surface area contributed by atoms with Crippen molar-refractivity contribution in [2.75, 3.05) is 5.32 Å². The van der Waals surface area contributed by atoms with Gasteiger partial charge in [0.05, 0.1) is 12.9 Å². The molecule has 1 atom stereocenters. The molecule has 1 aliphatic carbocycles. The van der Waals surface area contributed by atoms with Crippen LogP contribution in [0.25, 0.3) is 22.3 Å². The van der Waals surface area contributed by atoms with Crippen molar-refractivity contribution in [3.8, 4) is 11.1 Å². The van der Waals surface area contributed by atoms with Gasteiger partial charge in [0.25, 0.3) is 0 Å². The Labute approximate surface area is 191 Å². The summed E-state index contributed by atoms with van der Waals surface area (Å²) in [7, 11) is 0. The Morgan fingerprint density at radius 2 is 1.97 bits per heavy atom. The van der Waals surface area contributed by atoms with Crippen LogP contribution >= 0.6 is 11.8 Å². The van der Waals surface area contributed by atoms with E-state index in [0.29, 0.717) is 6.04 Å². The maximum absolute atomic E-state index is 4.71. The average Bonchev–Trinajstić information content (AvgIpc) is 3.43. The molecule has 6 rings (SSSR count). The van der Waals surface area contributed by atoms with E-state index in [2.05, 4.69) is 49.4 Å². The lowest BCUT2D eigenvalue weighted by Crippen LogP contribution is -2.40. The predicted molar refractivity (Wildman–Crippen MR) is 130 cm³/mol. The summed E-state index contributed by atoms with van der Waals surface area (Å²) in [4.78, 5) is 14.8. The topological polar surface area (TPSA) is 67.7 Å². The lowest BCUT2D eigenvalue weighted by atomic mass is 9.96. The van der Waals surface area contributed by atoms with E-state index in [9.17, 15) is 0 Å². The van der Waals surface area contributed by atoms with Crippen molar-refractivity contribution < 1.29 is 0 Å². The van der Waals surface area contributed by atoms with E-state index >= 15 is 0 Å². The third kappa shape index (κ3) is 3.98. The Morgan fingerprint density at radius 1 is 1.03 bits per heavy atom. The Hall–Kier alpha value is -2.90. The van der Waals surface area contributed by atoms with Crippen molar-refractivity contribution in [3.05, 3.63) is 66.9 Å². The van der Waals surface area contributed by atoms with E-state index in [-0.39, 0.29) is 5.50 Å². The largest absolute Gasteiger partial charge is 0.360 e. The van der Waals surface area contributed by atoms with Crippen LogP contribution in [0.5, 0.6) is 0 Å². The third-order valence-corrected chi connectivity index (χ3v) is 7.45. The zero-order chi connectivity index (χ0) is 21.3. The molecule has 4 heterocycles. The minimum Gasteiger partial charge on any atom is -0.360 e. The van der Waals surface area contributed by atoms with Crippen LogP contribution in [0.3, 0.4) is 0 Å². The number of hydrogen-bond acceptors (Lipinski definition) is 6. The molecule has 0 saturated heterocycles. The molecule has 3 aromatic heterocycles. The van der Waals surface area contributed by atoms with Gasteiger partial charge in [0, 0.05) is 46.3 Å². The number of aromatic nitrogens is 4. The summed E-state index contributed by atoms with van der Waals surface area (Å²) in [5.41, 5.74) is 6.64. The number of nitrogens with zero attached hydrogens (tertiary/aromatic N) is 4. The van der Waals surface area contributed by atoms with Crippen molar-refractivity contribution in [1.82, 2.24) is 24.8 Å². The van der Waals surface area contributed by atoms with Crippen molar-refractivity contribution in [2.24, 2.45) is 0 Å². The van der Waals surface area contributed by atoms with Gasteiger partial charge in [-0.1, -0.05) is 43.2 Å². The lowest BCUT2D eigenvalue weighted by Gasteiger charge is -2.26. The smallest absolute Gasteiger partial charge is 0.160 e. The highest BCUT2D eigenvalue weighted by Gasteiger charge is 2.25. The fourth-order valence-corrected chi connectivity index (χ4v) is 5.86. The molecule has 1 aliphatic heterocycles. The molecule has 2 aliphatic rings. The van der Waals surface area contributed by atoms with Gasteiger partial charge in [-0.25, -0.2) is 9.97 Å². The van der Waals surface area contributed by atoms with Crippen LogP contribution in [-0.2, 0) is 6.54 Å². The highest BCUT2D eigenvalue weighted by molar-refractivity contribution is 8.00. The number of nitrogens with one attached hydrogen (secondary N) is 2. The lowest BCUT2D eigenvalue weighted by molar-refractivity contribution is 0.375. The molecule has 0 radical (unpaired) electrons. The molecule has 32 heavy (non-hydrogen) atoms. The number of benzene rings is 1. The number of rotatable bonds is 5. The standard InChI is InChI=1S/C25H26N6S/c1-2-6-20(7-3-1)29-25-30-21-9-8-17(11-23(21)32-25)15-31-16-28-22-12-19(14-27-24(22)31)18-5-4-10-26-13-18/h4-5,8-14,16,20,25,29-30H,1-3,6-7,15H2. The first-order valence-corrected chi connectivity index (χ1v) is 12.2. The van der Waals surface area contributed by atoms with E-state index in [1.807, 2.05) is 42.6 Å². The first kappa shape index (κ1) is 19.8. The second-order valence-electron chi connectivity index (χ2n) is 8.66. The molecule has 7 heteroatoms. The molecule has 1 fully saturated rings. The number of hydrogen-bond donors (Lipinski definition) is 2. The van der Waals surface area contributed by atoms with E-state index in [1.54, 1.807) is 6.20 Å². The molecule has 6 nitrogen and oxygen atoms in total. The first-order valence-electron chi connectivity index (χ1n) is 11.4. The molecule has 4 aromatic rings. The summed E-state index contributed by atoms with van der Waals surface area (Å²) in [5.74, 6) is 0. The van der Waals surface area contributed by atoms with Crippen molar-refractivity contribution in [2.45, 2.75) is 55.1 Å². The van der Waals surface area contributed by atoms with Crippen LogP contribution in [0.1, 0.15) is 37.7 Å². The predicted octanol–water partition coefficient (Wildman–Crippen LogP) is 5.27. The molecule has 0 bridgehead atoms. The summed E-state index contributed by atoms with van der Waals surface area (Å²) in [6.45, 7) is 0.754. The quantitative estimate of drug-likeness (QED) is 0.439. The Balaban J connectivity index is 1.18. The molecule has 1 aromatic carbocycles. The van der Waals surface area contributed by atoms with Gasteiger partial charge < -0.3 is 9.88 Å². The Bertz CT molecular complexity index is 1230. The maximum Gasteiger partial charge on any atom is 0.160 e. The van der Waals surface area contributed by atoms with Gasteiger partial charge in [0.1, 0.15) is 11.0 Å².